The monoisotopic (exact) mass is 543 g/mol. The minimum absolute atomic E-state index is 0.0641. The van der Waals surface area contributed by atoms with Gasteiger partial charge in [-0.2, -0.15) is 0 Å². The van der Waals surface area contributed by atoms with Crippen molar-refractivity contribution in [2.75, 3.05) is 5.32 Å². The summed E-state index contributed by atoms with van der Waals surface area (Å²) in [5, 5.41) is 13.9. The molecule has 0 aliphatic carbocycles. The zero-order chi connectivity index (χ0) is 27.8. The molecule has 0 saturated carbocycles. The Labute approximate surface area is 235 Å². The lowest BCUT2D eigenvalue weighted by Crippen LogP contribution is -2.11. The molecule has 0 atom stereocenters. The molecular formula is C31H37N5O2S. The molecule has 0 aliphatic rings. The fraction of sp³-hybridized carbons (Fsp3) is 0.387. The van der Waals surface area contributed by atoms with E-state index < -0.39 is 0 Å². The molecule has 2 heterocycles. The standard InChI is InChI=1S/C31H37N5O2S/c1-6-8-9-10-14-26-35-36-30(39-26)21-19-32-29(33-20-21)24-12-11-13-25(28(24)38-27(37)7-2)34-23-17-15-22(16-18-23)31(3,4)5/h11-13,15-20,34H,6-10,14H2,1-5H3. The number of carbonyl (C=O) groups is 1. The van der Waals surface area contributed by atoms with E-state index in [2.05, 4.69) is 65.3 Å². The number of aromatic nitrogens is 4. The molecule has 2 aromatic heterocycles. The third-order valence-electron chi connectivity index (χ3n) is 6.40. The van der Waals surface area contributed by atoms with Crippen molar-refractivity contribution in [2.24, 2.45) is 0 Å². The number of unbranched alkanes of at least 4 members (excludes halogenated alkanes) is 3. The number of aryl methyl sites for hydroxylation is 1. The van der Waals surface area contributed by atoms with Gasteiger partial charge < -0.3 is 10.1 Å². The molecule has 204 valence electrons. The van der Waals surface area contributed by atoms with Crippen LogP contribution in [0.4, 0.5) is 11.4 Å². The number of rotatable bonds is 11. The van der Waals surface area contributed by atoms with Gasteiger partial charge in [-0.25, -0.2) is 9.97 Å². The van der Waals surface area contributed by atoms with E-state index in [9.17, 15) is 4.79 Å². The summed E-state index contributed by atoms with van der Waals surface area (Å²) in [7, 11) is 0. The molecule has 39 heavy (non-hydrogen) atoms. The number of anilines is 2. The van der Waals surface area contributed by atoms with Crippen molar-refractivity contribution in [3.05, 3.63) is 65.4 Å². The van der Waals surface area contributed by atoms with Gasteiger partial charge in [-0.1, -0.05) is 83.4 Å². The summed E-state index contributed by atoms with van der Waals surface area (Å²) in [5.74, 6) is 0.543. The average Bonchev–Trinajstić information content (AvgIpc) is 3.41. The Morgan fingerprint density at radius 3 is 2.36 bits per heavy atom. The summed E-state index contributed by atoms with van der Waals surface area (Å²) in [5.41, 5.74) is 4.32. The van der Waals surface area contributed by atoms with E-state index in [1.165, 1.54) is 24.8 Å². The van der Waals surface area contributed by atoms with Crippen LogP contribution in [0, 0.1) is 0 Å². The number of ether oxygens (including phenoxy) is 1. The average molecular weight is 544 g/mol. The van der Waals surface area contributed by atoms with Gasteiger partial charge in [0, 0.05) is 36.5 Å². The van der Waals surface area contributed by atoms with Crippen molar-refractivity contribution >= 4 is 28.7 Å². The Bertz CT molecular complexity index is 1380. The third-order valence-corrected chi connectivity index (χ3v) is 7.43. The SMILES string of the molecule is CCCCCCc1nnc(-c2cnc(-c3cccc(Nc4ccc(C(C)(C)C)cc4)c3OC(=O)CC)nc2)s1. The van der Waals surface area contributed by atoms with E-state index >= 15 is 0 Å². The summed E-state index contributed by atoms with van der Waals surface area (Å²) >= 11 is 1.58. The first-order valence-corrected chi connectivity index (χ1v) is 14.5. The molecule has 2 aromatic carbocycles. The Hall–Kier alpha value is -3.65. The molecular weight excluding hydrogens is 506 g/mol. The maximum atomic E-state index is 12.4. The molecule has 0 fully saturated rings. The first-order valence-electron chi connectivity index (χ1n) is 13.6. The number of hydrogen-bond acceptors (Lipinski definition) is 8. The molecule has 8 heteroatoms. The van der Waals surface area contributed by atoms with Gasteiger partial charge in [-0.05, 0) is 41.7 Å². The van der Waals surface area contributed by atoms with Gasteiger partial charge in [-0.15, -0.1) is 10.2 Å². The fourth-order valence-electron chi connectivity index (χ4n) is 4.07. The van der Waals surface area contributed by atoms with E-state index in [1.54, 1.807) is 30.7 Å². The van der Waals surface area contributed by atoms with E-state index in [-0.39, 0.29) is 17.8 Å². The summed E-state index contributed by atoms with van der Waals surface area (Å²) in [6.07, 6.45) is 9.51. The van der Waals surface area contributed by atoms with Gasteiger partial charge in [0.1, 0.15) is 5.01 Å². The van der Waals surface area contributed by atoms with Crippen molar-refractivity contribution in [3.8, 4) is 27.7 Å². The van der Waals surface area contributed by atoms with Crippen LogP contribution in [0.25, 0.3) is 22.0 Å². The molecule has 7 nitrogen and oxygen atoms in total. The molecule has 0 aliphatic heterocycles. The minimum Gasteiger partial charge on any atom is -0.424 e. The maximum Gasteiger partial charge on any atom is 0.310 e. The van der Waals surface area contributed by atoms with Crippen LogP contribution >= 0.6 is 11.3 Å². The third kappa shape index (κ3) is 7.47. The first kappa shape index (κ1) is 28.4. The largest absolute Gasteiger partial charge is 0.424 e. The highest BCUT2D eigenvalue weighted by Gasteiger charge is 2.18. The second-order valence-electron chi connectivity index (χ2n) is 10.6. The fourth-order valence-corrected chi connectivity index (χ4v) is 4.92. The van der Waals surface area contributed by atoms with Gasteiger partial charge >= 0.3 is 5.97 Å². The normalized spacial score (nSPS) is 11.4. The molecule has 0 amide bonds. The van der Waals surface area contributed by atoms with Crippen LogP contribution < -0.4 is 10.1 Å². The number of nitrogens with zero attached hydrogens (tertiary/aromatic N) is 4. The zero-order valence-electron chi connectivity index (χ0n) is 23.5. The number of carbonyl (C=O) groups excluding carboxylic acids is 1. The lowest BCUT2D eigenvalue weighted by molar-refractivity contribution is -0.133. The summed E-state index contributed by atoms with van der Waals surface area (Å²) in [6.45, 7) is 10.5. The quantitative estimate of drug-likeness (QED) is 0.116. The lowest BCUT2D eigenvalue weighted by atomic mass is 9.87. The Balaban J connectivity index is 1.58. The van der Waals surface area contributed by atoms with Gasteiger partial charge in [-0.3, -0.25) is 4.79 Å². The van der Waals surface area contributed by atoms with Gasteiger partial charge in [0.15, 0.2) is 16.6 Å². The van der Waals surface area contributed by atoms with Gasteiger partial charge in [0.2, 0.25) is 0 Å². The van der Waals surface area contributed by atoms with Gasteiger partial charge in [0.25, 0.3) is 0 Å². The molecule has 0 radical (unpaired) electrons. The van der Waals surface area contributed by atoms with Crippen LogP contribution in [0.1, 0.15) is 77.3 Å². The number of esters is 1. The Morgan fingerprint density at radius 1 is 0.949 bits per heavy atom. The predicted octanol–water partition coefficient (Wildman–Crippen LogP) is 8.14. The summed E-state index contributed by atoms with van der Waals surface area (Å²) in [4.78, 5) is 21.6. The highest BCUT2D eigenvalue weighted by Crippen LogP contribution is 2.38. The number of nitrogens with one attached hydrogen (secondary N) is 1. The van der Waals surface area contributed by atoms with Crippen LogP contribution in [0.2, 0.25) is 0 Å². The molecule has 4 aromatic rings. The van der Waals surface area contributed by atoms with Crippen molar-refractivity contribution in [1.29, 1.82) is 0 Å². The highest BCUT2D eigenvalue weighted by atomic mass is 32.1. The molecule has 4 rings (SSSR count). The zero-order valence-corrected chi connectivity index (χ0v) is 24.3. The molecule has 0 saturated heterocycles. The van der Waals surface area contributed by atoms with Crippen molar-refractivity contribution in [2.45, 2.75) is 78.6 Å². The summed E-state index contributed by atoms with van der Waals surface area (Å²) < 4.78 is 5.80. The van der Waals surface area contributed by atoms with E-state index in [0.717, 1.165) is 34.1 Å². The van der Waals surface area contributed by atoms with Crippen LogP contribution in [-0.4, -0.2) is 26.1 Å². The number of hydrogen-bond donors (Lipinski definition) is 1. The van der Waals surface area contributed by atoms with E-state index in [1.807, 2.05) is 30.3 Å². The maximum absolute atomic E-state index is 12.4. The minimum atomic E-state index is -0.328. The van der Waals surface area contributed by atoms with Crippen LogP contribution in [0.15, 0.2) is 54.9 Å². The first-order chi connectivity index (χ1) is 18.8. The number of benzene rings is 2. The molecule has 0 bridgehead atoms. The predicted molar refractivity (Wildman–Crippen MR) is 159 cm³/mol. The molecule has 0 unspecified atom stereocenters. The Morgan fingerprint density at radius 2 is 1.69 bits per heavy atom. The van der Waals surface area contributed by atoms with Crippen LogP contribution in [0.5, 0.6) is 5.75 Å². The lowest BCUT2D eigenvalue weighted by Gasteiger charge is -2.20. The van der Waals surface area contributed by atoms with Crippen molar-refractivity contribution in [1.82, 2.24) is 20.2 Å². The van der Waals surface area contributed by atoms with Crippen molar-refractivity contribution < 1.29 is 9.53 Å². The van der Waals surface area contributed by atoms with Gasteiger partial charge in [0.05, 0.1) is 11.3 Å². The highest BCUT2D eigenvalue weighted by molar-refractivity contribution is 7.14. The smallest absolute Gasteiger partial charge is 0.310 e. The second kappa shape index (κ2) is 12.9. The van der Waals surface area contributed by atoms with E-state index in [0.29, 0.717) is 22.8 Å². The van der Waals surface area contributed by atoms with Crippen molar-refractivity contribution in [3.63, 3.8) is 0 Å². The van der Waals surface area contributed by atoms with Crippen LogP contribution in [-0.2, 0) is 16.6 Å². The topological polar surface area (TPSA) is 89.9 Å². The van der Waals surface area contributed by atoms with E-state index in [4.69, 9.17) is 4.74 Å². The number of para-hydroxylation sites is 1. The molecule has 1 N–H and O–H groups in total. The Kier molecular flexibility index (Phi) is 9.41. The molecule has 0 spiro atoms. The second-order valence-corrected chi connectivity index (χ2v) is 11.6. The van der Waals surface area contributed by atoms with Crippen LogP contribution in [0.3, 0.4) is 0 Å². The summed E-state index contributed by atoms with van der Waals surface area (Å²) in [6, 6.07) is 13.9.